The summed E-state index contributed by atoms with van der Waals surface area (Å²) in [6.07, 6.45) is 0. The molecule has 0 fully saturated rings. The molecule has 0 unspecified atom stereocenters. The van der Waals surface area contributed by atoms with Crippen LogP contribution in [0.3, 0.4) is 0 Å². The van der Waals surface area contributed by atoms with Crippen molar-refractivity contribution in [3.8, 4) is 0 Å². The molecule has 0 saturated heterocycles. The molecule has 0 radical (unpaired) electrons. The maximum absolute atomic E-state index is 13.6. The normalized spacial score (nSPS) is 10.5. The molecule has 17 heavy (non-hydrogen) atoms. The topological polar surface area (TPSA) is 56.0 Å². The zero-order chi connectivity index (χ0) is 12.4. The van der Waals surface area contributed by atoms with E-state index in [1.54, 1.807) is 0 Å². The van der Waals surface area contributed by atoms with Crippen LogP contribution in [0.15, 0.2) is 32.8 Å². The number of nitro benzene ring substituents is 1. The van der Waals surface area contributed by atoms with E-state index in [1.165, 1.54) is 35.2 Å². The first-order valence-electron chi connectivity index (χ1n) is 4.60. The van der Waals surface area contributed by atoms with Crippen LogP contribution in [0.25, 0.3) is 0 Å². The molecule has 0 N–H and O–H groups in total. The van der Waals surface area contributed by atoms with Crippen molar-refractivity contribution in [2.45, 2.75) is 16.2 Å². The minimum Gasteiger partial charge on any atom is -0.258 e. The highest BCUT2D eigenvalue weighted by Gasteiger charge is 2.12. The molecule has 0 aliphatic rings. The Balaban J connectivity index is 2.25. The van der Waals surface area contributed by atoms with Gasteiger partial charge in [-0.3, -0.25) is 10.1 Å². The number of hydrogen-bond acceptors (Lipinski definition) is 5. The molecule has 4 nitrogen and oxygen atoms in total. The smallest absolute Gasteiger partial charge is 0.258 e. The Kier molecular flexibility index (Phi) is 3.39. The maximum Gasteiger partial charge on any atom is 0.272 e. The lowest BCUT2D eigenvalue weighted by Gasteiger charge is -1.99. The van der Waals surface area contributed by atoms with Gasteiger partial charge in [0.25, 0.3) is 5.69 Å². The van der Waals surface area contributed by atoms with E-state index >= 15 is 0 Å². The van der Waals surface area contributed by atoms with Crippen molar-refractivity contribution in [2.75, 3.05) is 0 Å². The van der Waals surface area contributed by atoms with Crippen LogP contribution < -0.4 is 0 Å². The highest BCUT2D eigenvalue weighted by Crippen LogP contribution is 2.33. The second-order valence-corrected chi connectivity index (χ2v) is 5.38. The lowest BCUT2D eigenvalue weighted by atomic mass is 10.3. The molecule has 0 bridgehead atoms. The fourth-order valence-electron chi connectivity index (χ4n) is 1.16. The van der Waals surface area contributed by atoms with E-state index in [1.807, 2.05) is 12.3 Å². The number of benzene rings is 1. The van der Waals surface area contributed by atoms with Gasteiger partial charge in [0, 0.05) is 17.1 Å². The molecule has 0 atom stereocenters. The van der Waals surface area contributed by atoms with Crippen molar-refractivity contribution in [1.82, 2.24) is 4.98 Å². The Morgan fingerprint density at radius 2 is 2.29 bits per heavy atom. The van der Waals surface area contributed by atoms with Crippen LogP contribution in [-0.4, -0.2) is 9.91 Å². The van der Waals surface area contributed by atoms with E-state index in [0.29, 0.717) is 4.90 Å². The van der Waals surface area contributed by atoms with Gasteiger partial charge in [0.2, 0.25) is 0 Å². The van der Waals surface area contributed by atoms with Crippen LogP contribution in [0.5, 0.6) is 0 Å². The summed E-state index contributed by atoms with van der Waals surface area (Å²) in [6, 6.07) is 3.60. The number of aryl methyl sites for hydroxylation is 1. The SMILES string of the molecule is Cc1csc(Sc2ccc([N+](=O)[O-])cc2F)n1. The van der Waals surface area contributed by atoms with Gasteiger partial charge in [-0.25, -0.2) is 9.37 Å². The molecule has 7 heteroatoms. The number of thiazole rings is 1. The number of nitrogens with zero attached hydrogens (tertiary/aromatic N) is 2. The Hall–Kier alpha value is -1.47. The summed E-state index contributed by atoms with van der Waals surface area (Å²) >= 11 is 2.58. The van der Waals surface area contributed by atoms with Crippen molar-refractivity contribution in [3.63, 3.8) is 0 Å². The Bertz CT molecular complexity index is 571. The second kappa shape index (κ2) is 4.80. The highest BCUT2D eigenvalue weighted by atomic mass is 32.2. The number of rotatable bonds is 3. The molecule has 1 aromatic heterocycles. The van der Waals surface area contributed by atoms with Crippen LogP contribution in [-0.2, 0) is 0 Å². The van der Waals surface area contributed by atoms with Crippen LogP contribution >= 0.6 is 23.1 Å². The van der Waals surface area contributed by atoms with Crippen molar-refractivity contribution >= 4 is 28.8 Å². The van der Waals surface area contributed by atoms with Crippen LogP contribution in [0.1, 0.15) is 5.69 Å². The zero-order valence-electron chi connectivity index (χ0n) is 8.71. The fourth-order valence-corrected chi connectivity index (χ4v) is 2.96. The van der Waals surface area contributed by atoms with Gasteiger partial charge in [-0.2, -0.15) is 0 Å². The van der Waals surface area contributed by atoms with Gasteiger partial charge in [-0.15, -0.1) is 11.3 Å². The fraction of sp³-hybridized carbons (Fsp3) is 0.100. The maximum atomic E-state index is 13.6. The van der Waals surface area contributed by atoms with Crippen LogP contribution in [0.2, 0.25) is 0 Å². The van der Waals surface area contributed by atoms with E-state index < -0.39 is 10.7 Å². The Morgan fingerprint density at radius 1 is 1.53 bits per heavy atom. The first-order chi connectivity index (χ1) is 8.06. The monoisotopic (exact) mass is 270 g/mol. The quantitative estimate of drug-likeness (QED) is 0.631. The number of aromatic nitrogens is 1. The summed E-state index contributed by atoms with van der Waals surface area (Å²) in [6.45, 7) is 1.85. The molecule has 0 spiro atoms. The Morgan fingerprint density at radius 3 is 2.82 bits per heavy atom. The van der Waals surface area contributed by atoms with E-state index in [9.17, 15) is 14.5 Å². The third kappa shape index (κ3) is 2.80. The summed E-state index contributed by atoms with van der Waals surface area (Å²) in [5.74, 6) is -0.600. The van der Waals surface area contributed by atoms with Gasteiger partial charge >= 0.3 is 0 Å². The largest absolute Gasteiger partial charge is 0.272 e. The van der Waals surface area contributed by atoms with Crippen LogP contribution in [0, 0.1) is 22.9 Å². The first kappa shape index (κ1) is 12.0. The van der Waals surface area contributed by atoms with E-state index in [2.05, 4.69) is 4.98 Å². The minimum atomic E-state index is -0.620. The summed E-state index contributed by atoms with van der Waals surface area (Å²) in [5, 5.41) is 12.3. The standard InChI is InChI=1S/C10H7FN2O2S2/c1-6-5-16-10(12-6)17-9-3-2-7(13(14)15)4-8(9)11/h2-5H,1H3. The summed E-state index contributed by atoms with van der Waals surface area (Å²) in [4.78, 5) is 14.4. The summed E-state index contributed by atoms with van der Waals surface area (Å²) < 4.78 is 14.3. The molecular formula is C10H7FN2O2S2. The molecule has 0 aliphatic carbocycles. The lowest BCUT2D eigenvalue weighted by Crippen LogP contribution is -1.90. The summed E-state index contributed by atoms with van der Waals surface area (Å²) in [7, 11) is 0. The molecule has 0 amide bonds. The molecule has 88 valence electrons. The zero-order valence-corrected chi connectivity index (χ0v) is 10.3. The average Bonchev–Trinajstić information content (AvgIpc) is 2.67. The number of hydrogen-bond donors (Lipinski definition) is 0. The summed E-state index contributed by atoms with van der Waals surface area (Å²) in [5.41, 5.74) is 0.627. The third-order valence-corrected chi connectivity index (χ3v) is 4.03. The molecular weight excluding hydrogens is 263 g/mol. The van der Waals surface area contributed by atoms with Crippen molar-refractivity contribution < 1.29 is 9.31 Å². The van der Waals surface area contributed by atoms with Crippen molar-refractivity contribution in [3.05, 3.63) is 45.2 Å². The minimum absolute atomic E-state index is 0.248. The van der Waals surface area contributed by atoms with Gasteiger partial charge < -0.3 is 0 Å². The van der Waals surface area contributed by atoms with E-state index in [4.69, 9.17) is 0 Å². The molecule has 2 rings (SSSR count). The lowest BCUT2D eigenvalue weighted by molar-refractivity contribution is -0.385. The average molecular weight is 270 g/mol. The molecule has 0 aliphatic heterocycles. The van der Waals surface area contributed by atoms with E-state index in [-0.39, 0.29) is 5.69 Å². The number of non-ortho nitro benzene ring substituents is 1. The molecule has 1 heterocycles. The van der Waals surface area contributed by atoms with Gasteiger partial charge in [0.15, 0.2) is 4.34 Å². The van der Waals surface area contributed by atoms with Crippen LogP contribution in [0.4, 0.5) is 10.1 Å². The number of nitro groups is 1. The van der Waals surface area contributed by atoms with Crippen molar-refractivity contribution in [1.29, 1.82) is 0 Å². The molecule has 0 saturated carbocycles. The predicted molar refractivity (Wildman–Crippen MR) is 64.0 cm³/mol. The van der Waals surface area contributed by atoms with Gasteiger partial charge in [-0.05, 0) is 13.0 Å². The molecule has 1 aromatic carbocycles. The molecule has 2 aromatic rings. The Labute approximate surface area is 105 Å². The highest BCUT2D eigenvalue weighted by molar-refractivity contribution is 8.01. The predicted octanol–water partition coefficient (Wildman–Crippen LogP) is 3.65. The van der Waals surface area contributed by atoms with Gasteiger partial charge in [0.05, 0.1) is 15.9 Å². The van der Waals surface area contributed by atoms with Gasteiger partial charge in [0.1, 0.15) is 5.82 Å². The van der Waals surface area contributed by atoms with E-state index in [0.717, 1.165) is 16.1 Å². The first-order valence-corrected chi connectivity index (χ1v) is 6.30. The van der Waals surface area contributed by atoms with Crippen molar-refractivity contribution in [2.24, 2.45) is 0 Å². The van der Waals surface area contributed by atoms with Gasteiger partial charge in [-0.1, -0.05) is 11.8 Å². The number of halogens is 1. The third-order valence-electron chi connectivity index (χ3n) is 1.92. The second-order valence-electron chi connectivity index (χ2n) is 3.23.